The van der Waals surface area contributed by atoms with E-state index in [1.165, 1.54) is 22.7 Å². The van der Waals surface area contributed by atoms with Crippen molar-refractivity contribution in [2.24, 2.45) is 0 Å². The maximum Gasteiger partial charge on any atom is 0.250 e. The quantitative estimate of drug-likeness (QED) is 0.811. The highest BCUT2D eigenvalue weighted by molar-refractivity contribution is 7.91. The molecule has 0 saturated heterocycles. The predicted octanol–water partition coefficient (Wildman–Crippen LogP) is 1.75. The summed E-state index contributed by atoms with van der Waals surface area (Å²) in [6.45, 7) is 3.03. The van der Waals surface area contributed by atoms with E-state index in [1.54, 1.807) is 12.3 Å². The number of thiazole rings is 1. The van der Waals surface area contributed by atoms with Gasteiger partial charge in [-0.25, -0.2) is 18.1 Å². The van der Waals surface area contributed by atoms with Gasteiger partial charge in [0.2, 0.25) is 10.0 Å². The monoisotopic (exact) mass is 331 g/mol. The standard InChI is InChI=1S/C12H17N3O2S3/c1-9-7-14-11(18-9)8-15-20(16,17)12-4-3-10(19-12)5-6-13-2/h3-4,7,13,15H,5-6,8H2,1-2H3. The number of aromatic nitrogens is 1. The van der Waals surface area contributed by atoms with E-state index in [-0.39, 0.29) is 6.54 Å². The summed E-state index contributed by atoms with van der Waals surface area (Å²) in [6, 6.07) is 3.52. The highest BCUT2D eigenvalue weighted by Crippen LogP contribution is 2.22. The summed E-state index contributed by atoms with van der Waals surface area (Å²) in [5.74, 6) is 0. The fraction of sp³-hybridized carbons (Fsp3) is 0.417. The SMILES string of the molecule is CNCCc1ccc(S(=O)(=O)NCc2ncc(C)s2)s1. The van der Waals surface area contributed by atoms with Crippen LogP contribution in [0.15, 0.2) is 22.5 Å². The molecule has 8 heteroatoms. The van der Waals surface area contributed by atoms with Gasteiger partial charge in [0.1, 0.15) is 9.22 Å². The lowest BCUT2D eigenvalue weighted by atomic mass is 10.3. The molecule has 5 nitrogen and oxygen atoms in total. The molecular weight excluding hydrogens is 314 g/mol. The molecule has 2 rings (SSSR count). The molecule has 0 aliphatic heterocycles. The van der Waals surface area contributed by atoms with Gasteiger partial charge in [0.15, 0.2) is 0 Å². The van der Waals surface area contributed by atoms with E-state index < -0.39 is 10.0 Å². The number of nitrogens with zero attached hydrogens (tertiary/aromatic N) is 1. The minimum absolute atomic E-state index is 0.241. The third-order valence-corrected chi connectivity index (χ3v) is 6.56. The number of aryl methyl sites for hydroxylation is 1. The Kier molecular flexibility index (Phi) is 5.28. The molecule has 0 aliphatic carbocycles. The largest absolute Gasteiger partial charge is 0.319 e. The van der Waals surface area contributed by atoms with Crippen LogP contribution in [0.5, 0.6) is 0 Å². The lowest BCUT2D eigenvalue weighted by molar-refractivity contribution is 0.583. The van der Waals surface area contributed by atoms with E-state index >= 15 is 0 Å². The first-order valence-electron chi connectivity index (χ1n) is 6.15. The van der Waals surface area contributed by atoms with Crippen molar-refractivity contribution in [2.45, 2.75) is 24.1 Å². The maximum atomic E-state index is 12.2. The van der Waals surface area contributed by atoms with Crippen LogP contribution in [0.3, 0.4) is 0 Å². The Labute approximate surface area is 127 Å². The Morgan fingerprint density at radius 1 is 1.30 bits per heavy atom. The number of rotatable bonds is 7. The number of nitrogens with one attached hydrogen (secondary N) is 2. The lowest BCUT2D eigenvalue weighted by Crippen LogP contribution is -2.22. The van der Waals surface area contributed by atoms with Crippen LogP contribution in [0, 0.1) is 6.92 Å². The molecule has 2 N–H and O–H groups in total. The normalized spacial score (nSPS) is 11.9. The highest BCUT2D eigenvalue weighted by atomic mass is 32.2. The summed E-state index contributed by atoms with van der Waals surface area (Å²) >= 11 is 2.81. The second-order valence-corrected chi connectivity index (χ2v) is 8.74. The molecule has 20 heavy (non-hydrogen) atoms. The van der Waals surface area contributed by atoms with Crippen molar-refractivity contribution in [3.05, 3.63) is 33.1 Å². The van der Waals surface area contributed by atoms with E-state index in [0.29, 0.717) is 4.21 Å². The Bertz CT molecular complexity index is 661. The van der Waals surface area contributed by atoms with Crippen molar-refractivity contribution < 1.29 is 8.42 Å². The molecule has 2 aromatic rings. The van der Waals surface area contributed by atoms with Crippen molar-refractivity contribution in [1.82, 2.24) is 15.0 Å². The number of thiophene rings is 1. The molecule has 0 unspecified atom stereocenters. The summed E-state index contributed by atoms with van der Waals surface area (Å²) in [5, 5.41) is 3.82. The van der Waals surface area contributed by atoms with Gasteiger partial charge >= 0.3 is 0 Å². The minimum Gasteiger partial charge on any atom is -0.319 e. The van der Waals surface area contributed by atoms with E-state index in [2.05, 4.69) is 15.0 Å². The Morgan fingerprint density at radius 2 is 2.10 bits per heavy atom. The molecule has 0 spiro atoms. The maximum absolute atomic E-state index is 12.2. The zero-order chi connectivity index (χ0) is 14.6. The third-order valence-electron chi connectivity index (χ3n) is 2.61. The predicted molar refractivity (Wildman–Crippen MR) is 82.8 cm³/mol. The molecule has 0 atom stereocenters. The van der Waals surface area contributed by atoms with Gasteiger partial charge in [-0.2, -0.15) is 0 Å². The van der Waals surface area contributed by atoms with E-state index in [0.717, 1.165) is 27.7 Å². The number of hydrogen-bond donors (Lipinski definition) is 2. The van der Waals surface area contributed by atoms with Crippen molar-refractivity contribution >= 4 is 32.7 Å². The second kappa shape index (κ2) is 6.77. The Morgan fingerprint density at radius 3 is 2.75 bits per heavy atom. The summed E-state index contributed by atoms with van der Waals surface area (Å²) in [5.41, 5.74) is 0. The molecule has 0 radical (unpaired) electrons. The molecule has 2 heterocycles. The van der Waals surface area contributed by atoms with Crippen molar-refractivity contribution in [1.29, 1.82) is 0 Å². The molecule has 110 valence electrons. The van der Waals surface area contributed by atoms with Crippen LogP contribution in [0.4, 0.5) is 0 Å². The molecular formula is C12H17N3O2S3. The average Bonchev–Trinajstić information content (AvgIpc) is 3.03. The van der Waals surface area contributed by atoms with Gasteiger partial charge < -0.3 is 5.32 Å². The average molecular weight is 331 g/mol. The van der Waals surface area contributed by atoms with Crippen LogP contribution in [0.2, 0.25) is 0 Å². The van der Waals surface area contributed by atoms with Crippen LogP contribution in [0.1, 0.15) is 14.8 Å². The second-order valence-electron chi connectivity index (χ2n) is 4.26. The fourth-order valence-corrected chi connectivity index (χ4v) is 4.80. The highest BCUT2D eigenvalue weighted by Gasteiger charge is 2.17. The number of sulfonamides is 1. The summed E-state index contributed by atoms with van der Waals surface area (Å²) in [6.07, 6.45) is 2.58. The van der Waals surface area contributed by atoms with Gasteiger partial charge in [-0.05, 0) is 39.1 Å². The smallest absolute Gasteiger partial charge is 0.250 e. The molecule has 2 aromatic heterocycles. The molecule has 0 amide bonds. The Balaban J connectivity index is 2.00. The van der Waals surface area contributed by atoms with Gasteiger partial charge in [0, 0.05) is 16.0 Å². The van der Waals surface area contributed by atoms with Gasteiger partial charge in [0.25, 0.3) is 0 Å². The molecule has 0 saturated carbocycles. The molecule has 0 aromatic carbocycles. The minimum atomic E-state index is -3.44. The van der Waals surface area contributed by atoms with Crippen LogP contribution in [0.25, 0.3) is 0 Å². The lowest BCUT2D eigenvalue weighted by Gasteiger charge is -2.02. The first kappa shape index (κ1) is 15.6. The van der Waals surface area contributed by atoms with Crippen LogP contribution >= 0.6 is 22.7 Å². The van der Waals surface area contributed by atoms with Gasteiger partial charge in [-0.1, -0.05) is 0 Å². The number of hydrogen-bond acceptors (Lipinski definition) is 6. The van der Waals surface area contributed by atoms with Crippen molar-refractivity contribution in [2.75, 3.05) is 13.6 Å². The Hall–Kier alpha value is -0.800. The summed E-state index contributed by atoms with van der Waals surface area (Å²) in [7, 11) is -1.56. The van der Waals surface area contributed by atoms with Crippen LogP contribution in [-0.2, 0) is 23.0 Å². The van der Waals surface area contributed by atoms with Crippen molar-refractivity contribution in [3.8, 4) is 0 Å². The van der Waals surface area contributed by atoms with Gasteiger partial charge in [0.05, 0.1) is 6.54 Å². The van der Waals surface area contributed by atoms with Crippen LogP contribution in [-0.4, -0.2) is 27.0 Å². The molecule has 0 bridgehead atoms. The summed E-state index contributed by atoms with van der Waals surface area (Å²) in [4.78, 5) is 6.28. The van der Waals surface area contributed by atoms with Gasteiger partial charge in [-0.3, -0.25) is 0 Å². The zero-order valence-electron chi connectivity index (χ0n) is 11.3. The topological polar surface area (TPSA) is 71.1 Å². The van der Waals surface area contributed by atoms with Crippen molar-refractivity contribution in [3.63, 3.8) is 0 Å². The third kappa shape index (κ3) is 4.10. The number of likely N-dealkylation sites (N-methyl/N-ethyl adjacent to an activating group) is 1. The van der Waals surface area contributed by atoms with E-state index in [4.69, 9.17) is 0 Å². The van der Waals surface area contributed by atoms with E-state index in [1.807, 2.05) is 20.0 Å². The molecule has 0 aliphatic rings. The first-order valence-corrected chi connectivity index (χ1v) is 9.27. The zero-order valence-corrected chi connectivity index (χ0v) is 13.8. The fourth-order valence-electron chi connectivity index (χ4n) is 1.60. The van der Waals surface area contributed by atoms with Gasteiger partial charge in [-0.15, -0.1) is 22.7 Å². The molecule has 0 fully saturated rings. The first-order chi connectivity index (χ1) is 9.51. The summed E-state index contributed by atoms with van der Waals surface area (Å²) < 4.78 is 27.3. The van der Waals surface area contributed by atoms with Crippen LogP contribution < -0.4 is 10.0 Å². The van der Waals surface area contributed by atoms with E-state index in [9.17, 15) is 8.42 Å².